The maximum atomic E-state index is 13.0. The second-order valence-corrected chi connectivity index (χ2v) is 9.44. The topological polar surface area (TPSA) is 115 Å². The van der Waals surface area contributed by atoms with Crippen molar-refractivity contribution >= 4 is 18.3 Å². The van der Waals surface area contributed by atoms with Crippen LogP contribution < -0.4 is 0 Å². The van der Waals surface area contributed by atoms with Crippen molar-refractivity contribution in [1.29, 1.82) is 0 Å². The Morgan fingerprint density at radius 3 is 2.10 bits per heavy atom. The van der Waals surface area contributed by atoms with Gasteiger partial charge in [-0.2, -0.15) is 0 Å². The van der Waals surface area contributed by atoms with Gasteiger partial charge >= 0.3 is 12.1 Å². The Balaban J connectivity index is 0.00000900. The Morgan fingerprint density at radius 2 is 1.65 bits per heavy atom. The summed E-state index contributed by atoms with van der Waals surface area (Å²) in [6, 6.07) is -3.13. The third-order valence-electron chi connectivity index (χ3n) is 4.41. The van der Waals surface area contributed by atoms with Gasteiger partial charge in [0.1, 0.15) is 23.5 Å². The first kappa shape index (κ1) is 30.7. The van der Waals surface area contributed by atoms with Gasteiger partial charge in [-0.05, 0) is 61.8 Å². The standard InChI is InChI=1S/C21H37N2O7.Ac/c1-9-27-13(2)28-12-14-10-16(18(25)29-20(3,4)5)23(17(14)15(22)11-24)19(26)30-21(6,7)8;/h11,13-17,22H,9-10,12H2,1-8H3;/q-1;/t13?,14-,15-,16+,17+;/m0./s1. The molecular formula is C21H37AcN2O7-. The first-order valence-electron chi connectivity index (χ1n) is 10.3. The van der Waals surface area contributed by atoms with E-state index in [4.69, 9.17) is 24.7 Å². The monoisotopic (exact) mass is 656 g/mol. The molecule has 5 atom stereocenters. The van der Waals surface area contributed by atoms with Crippen LogP contribution >= 0.6 is 0 Å². The molecule has 10 heteroatoms. The second kappa shape index (κ2) is 12.8. The van der Waals surface area contributed by atoms with Crippen molar-refractivity contribution in [3.63, 3.8) is 0 Å². The summed E-state index contributed by atoms with van der Waals surface area (Å²) in [5.74, 6) is -1.04. The van der Waals surface area contributed by atoms with Crippen molar-refractivity contribution < 1.29 is 77.4 Å². The number of amides is 1. The summed E-state index contributed by atoms with van der Waals surface area (Å²) in [6.45, 7) is 14.5. The maximum Gasteiger partial charge on any atom is 0.411 e. The number of nitrogens with zero attached hydrogens (tertiary/aromatic N) is 1. The van der Waals surface area contributed by atoms with Crippen LogP contribution in [-0.2, 0) is 28.5 Å². The van der Waals surface area contributed by atoms with Crippen LogP contribution in [0, 0.1) is 50.0 Å². The van der Waals surface area contributed by atoms with Crippen molar-refractivity contribution in [2.45, 2.75) is 97.4 Å². The summed E-state index contributed by atoms with van der Waals surface area (Å²) < 4.78 is 22.1. The Labute approximate surface area is 221 Å². The summed E-state index contributed by atoms with van der Waals surface area (Å²) in [6.07, 6.45) is -0.603. The molecule has 1 N–H and O–H groups in total. The van der Waals surface area contributed by atoms with E-state index in [-0.39, 0.29) is 57.1 Å². The molecule has 0 aromatic carbocycles. The fourth-order valence-electron chi connectivity index (χ4n) is 3.37. The van der Waals surface area contributed by atoms with Crippen LogP contribution in [0.25, 0.3) is 5.73 Å². The molecule has 0 aliphatic carbocycles. The van der Waals surface area contributed by atoms with Gasteiger partial charge in [-0.25, -0.2) is 9.59 Å². The zero-order chi connectivity index (χ0) is 23.3. The quantitative estimate of drug-likeness (QED) is 0.224. The van der Waals surface area contributed by atoms with E-state index in [0.717, 1.165) is 0 Å². The molecule has 1 aliphatic heterocycles. The maximum absolute atomic E-state index is 13.0. The number of hydrogen-bond donors (Lipinski definition) is 0. The van der Waals surface area contributed by atoms with Gasteiger partial charge in [0, 0.05) is 62.6 Å². The number of esters is 1. The summed E-state index contributed by atoms with van der Waals surface area (Å²) in [5.41, 5.74) is 6.66. The molecule has 1 rings (SSSR count). The molecule has 0 saturated carbocycles. The number of rotatable bonds is 8. The van der Waals surface area contributed by atoms with E-state index >= 15 is 0 Å². The number of ether oxygens (including phenoxy) is 4. The number of carbonyl (C=O) groups is 3. The van der Waals surface area contributed by atoms with Crippen molar-refractivity contribution in [2.24, 2.45) is 5.92 Å². The zero-order valence-corrected chi connectivity index (χ0v) is 24.7. The number of nitrogens with one attached hydrogen (secondary N) is 1. The SMILES string of the molecule is CCOC(C)OC[C@@H]1C[C@H](C(=O)OC(C)(C)C)N(C(=O)OC(C)(C)C)[C@H]1[C@@H]([NH-])C=O.[Ac]. The van der Waals surface area contributed by atoms with E-state index in [1.165, 1.54) is 4.90 Å². The average molecular weight is 657 g/mol. The molecular weight excluding hydrogens is 619 g/mol. The predicted octanol–water partition coefficient (Wildman–Crippen LogP) is 3.34. The van der Waals surface area contributed by atoms with E-state index < -0.39 is 53.6 Å². The van der Waals surface area contributed by atoms with E-state index in [9.17, 15) is 14.4 Å². The van der Waals surface area contributed by atoms with Crippen LogP contribution in [0.5, 0.6) is 0 Å². The van der Waals surface area contributed by atoms with Gasteiger partial charge in [-0.3, -0.25) is 4.90 Å². The van der Waals surface area contributed by atoms with Crippen LogP contribution in [0.3, 0.4) is 0 Å². The first-order chi connectivity index (χ1) is 13.7. The number of aldehydes is 1. The molecule has 1 radical (unpaired) electrons. The summed E-state index contributed by atoms with van der Waals surface area (Å²) in [5, 5.41) is 0. The van der Waals surface area contributed by atoms with Crippen LogP contribution in [-0.4, -0.2) is 72.1 Å². The van der Waals surface area contributed by atoms with Crippen LogP contribution in [0.2, 0.25) is 0 Å². The molecule has 1 fully saturated rings. The fraction of sp³-hybridized carbons (Fsp3) is 0.857. The van der Waals surface area contributed by atoms with Crippen LogP contribution in [0.1, 0.15) is 61.8 Å². The van der Waals surface area contributed by atoms with Gasteiger partial charge in [0.2, 0.25) is 0 Å². The normalized spacial score (nSPS) is 23.5. The minimum atomic E-state index is -1.26. The minimum absolute atomic E-state index is 0. The summed E-state index contributed by atoms with van der Waals surface area (Å²) >= 11 is 0. The van der Waals surface area contributed by atoms with Gasteiger partial charge in [-0.15, -0.1) is 0 Å². The smallest absolute Gasteiger partial charge is 0.411 e. The molecule has 0 bridgehead atoms. The molecule has 0 aromatic rings. The fourth-order valence-corrected chi connectivity index (χ4v) is 3.37. The van der Waals surface area contributed by atoms with Crippen molar-refractivity contribution in [1.82, 2.24) is 4.90 Å². The predicted molar refractivity (Wildman–Crippen MR) is 111 cm³/mol. The molecule has 31 heavy (non-hydrogen) atoms. The number of carbonyl (C=O) groups excluding carboxylic acids is 3. The molecule has 9 nitrogen and oxygen atoms in total. The molecule has 1 unspecified atom stereocenters. The van der Waals surface area contributed by atoms with Crippen LogP contribution in [0.4, 0.5) is 4.79 Å². The third kappa shape index (κ3) is 10.0. The molecule has 1 aliphatic rings. The van der Waals surface area contributed by atoms with Gasteiger partial charge < -0.3 is 29.5 Å². The zero-order valence-electron chi connectivity index (χ0n) is 20.0. The van der Waals surface area contributed by atoms with E-state index in [1.807, 2.05) is 6.92 Å². The molecule has 1 saturated heterocycles. The van der Waals surface area contributed by atoms with E-state index in [0.29, 0.717) is 12.9 Å². The van der Waals surface area contributed by atoms with E-state index in [1.54, 1.807) is 48.5 Å². The minimum Gasteiger partial charge on any atom is -0.667 e. The average Bonchev–Trinajstić information content (AvgIpc) is 2.96. The van der Waals surface area contributed by atoms with Gasteiger partial charge in [0.15, 0.2) is 6.29 Å². The molecule has 1 amide bonds. The largest absolute Gasteiger partial charge is 0.667 e. The molecule has 0 aromatic heterocycles. The van der Waals surface area contributed by atoms with E-state index in [2.05, 4.69) is 0 Å². The van der Waals surface area contributed by atoms with Crippen molar-refractivity contribution in [2.75, 3.05) is 13.2 Å². The Kier molecular flexibility index (Phi) is 12.7. The summed E-state index contributed by atoms with van der Waals surface area (Å²) in [7, 11) is 0. The van der Waals surface area contributed by atoms with Crippen LogP contribution in [0.15, 0.2) is 0 Å². The molecule has 1 heterocycles. The second-order valence-electron chi connectivity index (χ2n) is 9.44. The number of hydrogen-bond acceptors (Lipinski definition) is 7. The molecule has 177 valence electrons. The number of likely N-dealkylation sites (tertiary alicyclic amines) is 1. The van der Waals surface area contributed by atoms with Crippen molar-refractivity contribution in [3.05, 3.63) is 5.73 Å². The van der Waals surface area contributed by atoms with Gasteiger partial charge in [0.05, 0.1) is 6.61 Å². The Bertz CT molecular complexity index is 604. The van der Waals surface area contributed by atoms with Gasteiger partial charge in [-0.1, -0.05) is 6.04 Å². The first-order valence-corrected chi connectivity index (χ1v) is 10.3. The molecule has 0 spiro atoms. The summed E-state index contributed by atoms with van der Waals surface area (Å²) in [4.78, 5) is 38.6. The Hall–Kier alpha value is -0.268. The Morgan fingerprint density at radius 1 is 1.10 bits per heavy atom. The van der Waals surface area contributed by atoms with Gasteiger partial charge in [0.25, 0.3) is 0 Å². The third-order valence-corrected chi connectivity index (χ3v) is 4.41. The van der Waals surface area contributed by atoms with Crippen molar-refractivity contribution in [3.8, 4) is 0 Å².